The lowest BCUT2D eigenvalue weighted by molar-refractivity contribution is 0.0950. The van der Waals surface area contributed by atoms with Crippen molar-refractivity contribution < 1.29 is 13.9 Å². The molecule has 0 aliphatic carbocycles. The third-order valence-electron chi connectivity index (χ3n) is 3.20. The first-order chi connectivity index (χ1) is 12.1. The summed E-state index contributed by atoms with van der Waals surface area (Å²) in [6.45, 7) is 0.505. The molecule has 0 saturated carbocycles. The Kier molecular flexibility index (Phi) is 5.57. The molecular formula is C17H13ClFN3O2S. The van der Waals surface area contributed by atoms with Crippen LogP contribution in [0.3, 0.4) is 0 Å². The molecule has 25 heavy (non-hydrogen) atoms. The molecule has 1 N–H and O–H groups in total. The van der Waals surface area contributed by atoms with E-state index in [0.29, 0.717) is 17.3 Å². The molecule has 128 valence electrons. The number of benzene rings is 2. The highest BCUT2D eigenvalue weighted by Gasteiger charge is 2.13. The molecule has 1 heterocycles. The van der Waals surface area contributed by atoms with Crippen molar-refractivity contribution in [2.24, 2.45) is 0 Å². The third kappa shape index (κ3) is 4.74. The van der Waals surface area contributed by atoms with E-state index in [2.05, 4.69) is 15.5 Å². The number of hydrogen-bond donors (Lipinski definition) is 1. The minimum atomic E-state index is -0.439. The van der Waals surface area contributed by atoms with Crippen LogP contribution in [0, 0.1) is 5.82 Å². The van der Waals surface area contributed by atoms with Gasteiger partial charge >= 0.3 is 0 Å². The van der Waals surface area contributed by atoms with Gasteiger partial charge in [-0.25, -0.2) is 4.39 Å². The average molecular weight is 378 g/mol. The van der Waals surface area contributed by atoms with E-state index in [9.17, 15) is 9.18 Å². The summed E-state index contributed by atoms with van der Waals surface area (Å²) in [5, 5.41) is 11.5. The highest BCUT2D eigenvalue weighted by atomic mass is 35.5. The zero-order valence-corrected chi connectivity index (χ0v) is 14.5. The van der Waals surface area contributed by atoms with Gasteiger partial charge in [0.05, 0.1) is 5.02 Å². The van der Waals surface area contributed by atoms with Gasteiger partial charge < -0.3 is 10.1 Å². The zero-order valence-electron chi connectivity index (χ0n) is 12.9. The van der Waals surface area contributed by atoms with Crippen LogP contribution in [-0.4, -0.2) is 16.1 Å². The quantitative estimate of drug-likeness (QED) is 0.708. The monoisotopic (exact) mass is 377 g/mol. The maximum absolute atomic E-state index is 13.0. The SMILES string of the molecule is O=C(NCc1ccccc1)c1nnc(COc2ccc(F)cc2Cl)s1. The molecular weight excluding hydrogens is 365 g/mol. The minimum Gasteiger partial charge on any atom is -0.485 e. The molecule has 0 spiro atoms. The summed E-state index contributed by atoms with van der Waals surface area (Å²) in [4.78, 5) is 12.1. The van der Waals surface area contributed by atoms with Gasteiger partial charge in [0.15, 0.2) is 5.01 Å². The van der Waals surface area contributed by atoms with E-state index < -0.39 is 5.82 Å². The second-order valence-corrected chi connectivity index (χ2v) is 6.50. The van der Waals surface area contributed by atoms with Crippen LogP contribution in [-0.2, 0) is 13.2 Å². The smallest absolute Gasteiger partial charge is 0.282 e. The van der Waals surface area contributed by atoms with Crippen LogP contribution in [0.4, 0.5) is 4.39 Å². The lowest BCUT2D eigenvalue weighted by atomic mass is 10.2. The number of amides is 1. The van der Waals surface area contributed by atoms with Crippen LogP contribution in [0.25, 0.3) is 0 Å². The van der Waals surface area contributed by atoms with Crippen molar-refractivity contribution in [3.8, 4) is 5.75 Å². The van der Waals surface area contributed by atoms with E-state index in [0.717, 1.165) is 16.9 Å². The van der Waals surface area contributed by atoms with Gasteiger partial charge in [0.2, 0.25) is 5.01 Å². The number of rotatable bonds is 6. The molecule has 3 rings (SSSR count). The van der Waals surface area contributed by atoms with Gasteiger partial charge in [-0.1, -0.05) is 53.3 Å². The lowest BCUT2D eigenvalue weighted by Gasteiger charge is -2.05. The van der Waals surface area contributed by atoms with E-state index in [-0.39, 0.29) is 22.5 Å². The summed E-state index contributed by atoms with van der Waals surface area (Å²) >= 11 is 7.02. The maximum atomic E-state index is 13.0. The maximum Gasteiger partial charge on any atom is 0.282 e. The first-order valence-electron chi connectivity index (χ1n) is 7.34. The van der Waals surface area contributed by atoms with Gasteiger partial charge in [-0.3, -0.25) is 4.79 Å². The van der Waals surface area contributed by atoms with E-state index in [1.54, 1.807) is 0 Å². The van der Waals surface area contributed by atoms with E-state index in [1.807, 2.05) is 30.3 Å². The van der Waals surface area contributed by atoms with Crippen LogP contribution in [0.15, 0.2) is 48.5 Å². The van der Waals surface area contributed by atoms with E-state index in [4.69, 9.17) is 16.3 Å². The minimum absolute atomic E-state index is 0.0922. The Morgan fingerprint density at radius 1 is 1.20 bits per heavy atom. The number of carbonyl (C=O) groups excluding carboxylic acids is 1. The number of carbonyl (C=O) groups is 1. The topological polar surface area (TPSA) is 64.1 Å². The van der Waals surface area contributed by atoms with Crippen molar-refractivity contribution in [3.05, 3.63) is 74.9 Å². The fourth-order valence-corrected chi connectivity index (χ4v) is 2.88. The van der Waals surface area contributed by atoms with Gasteiger partial charge in [-0.15, -0.1) is 10.2 Å². The first-order valence-corrected chi connectivity index (χ1v) is 8.53. The van der Waals surface area contributed by atoms with Crippen LogP contribution < -0.4 is 10.1 Å². The average Bonchev–Trinajstić information content (AvgIpc) is 3.09. The number of hydrogen-bond acceptors (Lipinski definition) is 5. The zero-order chi connectivity index (χ0) is 17.6. The Morgan fingerprint density at radius 2 is 2.00 bits per heavy atom. The summed E-state index contributed by atoms with van der Waals surface area (Å²) < 4.78 is 18.5. The molecule has 0 atom stereocenters. The number of nitrogens with zero attached hydrogens (tertiary/aromatic N) is 2. The van der Waals surface area contributed by atoms with Crippen molar-refractivity contribution >= 4 is 28.8 Å². The highest BCUT2D eigenvalue weighted by molar-refractivity contribution is 7.13. The summed E-state index contributed by atoms with van der Waals surface area (Å²) in [7, 11) is 0. The summed E-state index contributed by atoms with van der Waals surface area (Å²) in [5.41, 5.74) is 0.995. The summed E-state index contributed by atoms with van der Waals surface area (Å²) in [6.07, 6.45) is 0. The Bertz CT molecular complexity index is 873. The van der Waals surface area contributed by atoms with E-state index in [1.165, 1.54) is 18.2 Å². The predicted octanol–water partition coefficient (Wildman–Crippen LogP) is 3.84. The number of nitrogens with one attached hydrogen (secondary N) is 1. The Hall–Kier alpha value is -2.51. The molecule has 0 fully saturated rings. The molecule has 1 amide bonds. The number of aromatic nitrogens is 2. The van der Waals surface area contributed by atoms with Crippen molar-refractivity contribution in [2.45, 2.75) is 13.2 Å². The molecule has 2 aromatic carbocycles. The number of ether oxygens (including phenoxy) is 1. The van der Waals surface area contributed by atoms with Crippen molar-refractivity contribution in [3.63, 3.8) is 0 Å². The van der Waals surface area contributed by atoms with Gasteiger partial charge in [0.1, 0.15) is 18.2 Å². The van der Waals surface area contributed by atoms with Crippen LogP contribution >= 0.6 is 22.9 Å². The molecule has 0 unspecified atom stereocenters. The van der Waals surface area contributed by atoms with E-state index >= 15 is 0 Å². The molecule has 0 bridgehead atoms. The fourth-order valence-electron chi connectivity index (χ4n) is 1.99. The Labute approximate surface area is 152 Å². The van der Waals surface area contributed by atoms with Crippen molar-refractivity contribution in [1.29, 1.82) is 0 Å². The second-order valence-electron chi connectivity index (χ2n) is 5.03. The third-order valence-corrected chi connectivity index (χ3v) is 4.39. The molecule has 0 saturated heterocycles. The number of halogens is 2. The van der Waals surface area contributed by atoms with Crippen LogP contribution in [0.2, 0.25) is 5.02 Å². The van der Waals surface area contributed by atoms with Crippen LogP contribution in [0.5, 0.6) is 5.75 Å². The standard InChI is InChI=1S/C17H13ClFN3O2S/c18-13-8-12(19)6-7-14(13)24-10-15-21-22-17(25-15)16(23)20-9-11-4-2-1-3-5-11/h1-8H,9-10H2,(H,20,23). The van der Waals surface area contributed by atoms with Crippen LogP contribution in [0.1, 0.15) is 20.4 Å². The largest absolute Gasteiger partial charge is 0.485 e. The molecule has 0 aliphatic heterocycles. The van der Waals surface area contributed by atoms with Crippen molar-refractivity contribution in [1.82, 2.24) is 15.5 Å². The molecule has 5 nitrogen and oxygen atoms in total. The fraction of sp³-hybridized carbons (Fsp3) is 0.118. The molecule has 8 heteroatoms. The van der Waals surface area contributed by atoms with Gasteiger partial charge in [0, 0.05) is 6.54 Å². The summed E-state index contributed by atoms with van der Waals surface area (Å²) in [5.74, 6) is -0.397. The van der Waals surface area contributed by atoms with Gasteiger partial charge in [0.25, 0.3) is 5.91 Å². The summed E-state index contributed by atoms with van der Waals surface area (Å²) in [6, 6.07) is 13.4. The highest BCUT2D eigenvalue weighted by Crippen LogP contribution is 2.26. The second kappa shape index (κ2) is 8.04. The van der Waals surface area contributed by atoms with Crippen molar-refractivity contribution in [2.75, 3.05) is 0 Å². The molecule has 1 aromatic heterocycles. The van der Waals surface area contributed by atoms with Gasteiger partial charge in [-0.2, -0.15) is 0 Å². The Morgan fingerprint density at radius 3 is 2.76 bits per heavy atom. The molecule has 0 aliphatic rings. The lowest BCUT2D eigenvalue weighted by Crippen LogP contribution is -2.22. The normalized spacial score (nSPS) is 10.5. The molecule has 0 radical (unpaired) electrons. The van der Waals surface area contributed by atoms with Gasteiger partial charge in [-0.05, 0) is 23.8 Å². The predicted molar refractivity (Wildman–Crippen MR) is 93.3 cm³/mol. The molecule has 3 aromatic rings. The Balaban J connectivity index is 1.55. The first kappa shape index (κ1) is 17.3.